The Kier molecular flexibility index (Phi) is 3.54. The Morgan fingerprint density at radius 3 is 2.65 bits per heavy atom. The molecule has 0 atom stereocenters. The number of hydrogen-bond donors (Lipinski definition) is 2. The quantitative estimate of drug-likeness (QED) is 0.535. The number of fused-ring (bicyclic) bond motifs is 5. The molecule has 0 saturated heterocycles. The number of allylic oxidation sites excluding steroid dienone is 1. The van der Waals surface area contributed by atoms with E-state index in [9.17, 15) is 9.59 Å². The van der Waals surface area contributed by atoms with E-state index >= 15 is 0 Å². The maximum absolute atomic E-state index is 12.6. The maximum Gasteiger partial charge on any atom is 0.348 e. The summed E-state index contributed by atoms with van der Waals surface area (Å²) in [6.45, 7) is 5.65. The highest BCUT2D eigenvalue weighted by atomic mass is 16.4. The van der Waals surface area contributed by atoms with Gasteiger partial charge < -0.3 is 19.3 Å². The van der Waals surface area contributed by atoms with Crippen LogP contribution in [-0.2, 0) is 11.2 Å². The Bertz CT molecular complexity index is 1260. The van der Waals surface area contributed by atoms with Crippen molar-refractivity contribution >= 4 is 44.6 Å². The fourth-order valence-corrected chi connectivity index (χ4v) is 3.09. The van der Waals surface area contributed by atoms with E-state index in [2.05, 4.69) is 11.9 Å². The maximum atomic E-state index is 12.6. The van der Waals surface area contributed by atoms with Crippen molar-refractivity contribution in [2.75, 3.05) is 5.32 Å². The molecule has 130 valence electrons. The lowest BCUT2D eigenvalue weighted by Gasteiger charge is -2.04. The van der Waals surface area contributed by atoms with Crippen molar-refractivity contribution in [3.8, 4) is 0 Å². The Morgan fingerprint density at radius 2 is 1.92 bits per heavy atom. The smallest absolute Gasteiger partial charge is 0.348 e. The molecule has 6 heteroatoms. The highest BCUT2D eigenvalue weighted by Crippen LogP contribution is 2.33. The zero-order valence-electron chi connectivity index (χ0n) is 14.0. The molecule has 2 heterocycles. The van der Waals surface area contributed by atoms with Crippen molar-refractivity contribution in [1.82, 2.24) is 0 Å². The van der Waals surface area contributed by atoms with E-state index in [1.54, 1.807) is 24.3 Å². The summed E-state index contributed by atoms with van der Waals surface area (Å²) < 4.78 is 11.3. The first kappa shape index (κ1) is 16.0. The van der Waals surface area contributed by atoms with Crippen LogP contribution in [0.25, 0.3) is 32.9 Å². The molecule has 4 rings (SSSR count). The minimum absolute atomic E-state index is 0.145. The van der Waals surface area contributed by atoms with Crippen LogP contribution in [0.5, 0.6) is 0 Å². The van der Waals surface area contributed by atoms with E-state index in [4.69, 9.17) is 13.9 Å². The van der Waals surface area contributed by atoms with Crippen molar-refractivity contribution in [1.29, 1.82) is 0 Å². The molecule has 2 N–H and O–H groups in total. The predicted octanol–water partition coefficient (Wildman–Crippen LogP) is 4.27. The summed E-state index contributed by atoms with van der Waals surface area (Å²) in [4.78, 5) is 23.4. The molecule has 0 amide bonds. The van der Waals surface area contributed by atoms with Gasteiger partial charge in [0.15, 0.2) is 5.58 Å². The number of carbonyl (C=O) groups is 1. The average Bonchev–Trinajstić information content (AvgIpc) is 2.93. The molecule has 2 aromatic heterocycles. The fraction of sp³-hybridized carbons (Fsp3) is 0.100. The monoisotopic (exact) mass is 349 g/mol. The van der Waals surface area contributed by atoms with Gasteiger partial charge in [-0.3, -0.25) is 4.79 Å². The van der Waals surface area contributed by atoms with Gasteiger partial charge in [0.1, 0.15) is 16.6 Å². The zero-order valence-corrected chi connectivity index (χ0v) is 14.0. The Labute approximate surface area is 147 Å². The number of carboxylic acids is 1. The van der Waals surface area contributed by atoms with Gasteiger partial charge in [0.25, 0.3) is 0 Å². The van der Waals surface area contributed by atoms with Crippen LogP contribution < -0.4 is 10.9 Å². The molecular formula is C20H15NO5. The second-order valence-corrected chi connectivity index (χ2v) is 6.21. The third kappa shape index (κ3) is 2.61. The number of rotatable bonds is 4. The zero-order chi connectivity index (χ0) is 18.4. The van der Waals surface area contributed by atoms with Crippen LogP contribution in [0.2, 0.25) is 0 Å². The van der Waals surface area contributed by atoms with Crippen molar-refractivity contribution in [3.05, 3.63) is 64.7 Å². The number of furan rings is 1. The lowest BCUT2D eigenvalue weighted by Crippen LogP contribution is -2.01. The van der Waals surface area contributed by atoms with Crippen LogP contribution in [0.3, 0.4) is 0 Å². The second kappa shape index (κ2) is 5.77. The molecule has 0 spiro atoms. The van der Waals surface area contributed by atoms with Gasteiger partial charge in [-0.25, -0.2) is 4.79 Å². The standard InChI is InChI=1S/C20H15NO5/c1-10(2)21-12-4-6-15-14(9-12)18-19(25-15)13-5-3-11(8-17(22)23)7-16(13)26-20(18)24/h3-7,9,21H,1,8H2,2H3,(H,22,23). The van der Waals surface area contributed by atoms with Gasteiger partial charge in [-0.2, -0.15) is 0 Å². The van der Waals surface area contributed by atoms with E-state index in [0.717, 1.165) is 11.4 Å². The second-order valence-electron chi connectivity index (χ2n) is 6.21. The van der Waals surface area contributed by atoms with Crippen LogP contribution in [0.1, 0.15) is 12.5 Å². The Morgan fingerprint density at radius 1 is 1.12 bits per heavy atom. The molecule has 0 aliphatic carbocycles. The molecule has 0 saturated carbocycles. The van der Waals surface area contributed by atoms with Crippen LogP contribution in [0, 0.1) is 0 Å². The van der Waals surface area contributed by atoms with Crippen LogP contribution in [0.4, 0.5) is 5.69 Å². The fourth-order valence-electron chi connectivity index (χ4n) is 3.09. The lowest BCUT2D eigenvalue weighted by molar-refractivity contribution is -0.136. The summed E-state index contributed by atoms with van der Waals surface area (Å²) in [5.74, 6) is -0.950. The van der Waals surface area contributed by atoms with E-state index in [-0.39, 0.29) is 6.42 Å². The minimum Gasteiger partial charge on any atom is -0.481 e. The van der Waals surface area contributed by atoms with Gasteiger partial charge in [-0.1, -0.05) is 12.6 Å². The lowest BCUT2D eigenvalue weighted by atomic mass is 10.1. The van der Waals surface area contributed by atoms with Gasteiger partial charge in [-0.15, -0.1) is 0 Å². The SMILES string of the molecule is C=C(C)Nc1ccc2oc3c4ccc(CC(=O)O)cc4oc(=O)c3c2c1. The number of benzene rings is 2. The topological polar surface area (TPSA) is 92.7 Å². The molecule has 0 aliphatic rings. The van der Waals surface area contributed by atoms with E-state index in [1.807, 2.05) is 19.1 Å². The number of nitrogens with one attached hydrogen (secondary N) is 1. The third-order valence-electron chi connectivity index (χ3n) is 4.10. The highest BCUT2D eigenvalue weighted by molar-refractivity contribution is 6.13. The van der Waals surface area contributed by atoms with Crippen LogP contribution >= 0.6 is 0 Å². The van der Waals surface area contributed by atoms with Gasteiger partial charge in [0.05, 0.1) is 11.8 Å². The van der Waals surface area contributed by atoms with Crippen LogP contribution in [0.15, 0.2) is 62.3 Å². The molecule has 0 radical (unpaired) electrons. The van der Waals surface area contributed by atoms with Gasteiger partial charge >= 0.3 is 11.6 Å². The predicted molar refractivity (Wildman–Crippen MR) is 99.5 cm³/mol. The highest BCUT2D eigenvalue weighted by Gasteiger charge is 2.17. The number of anilines is 1. The van der Waals surface area contributed by atoms with Gasteiger partial charge in [-0.05, 0) is 42.8 Å². The summed E-state index contributed by atoms with van der Waals surface area (Å²) in [6, 6.07) is 10.4. The molecule has 6 nitrogen and oxygen atoms in total. The van der Waals surface area contributed by atoms with Crippen LogP contribution in [-0.4, -0.2) is 11.1 Å². The Hall–Kier alpha value is -3.54. The number of aliphatic carboxylic acids is 1. The van der Waals surface area contributed by atoms with Crippen molar-refractivity contribution in [2.24, 2.45) is 0 Å². The molecule has 0 unspecified atom stereocenters. The summed E-state index contributed by atoms with van der Waals surface area (Å²) >= 11 is 0. The first-order valence-electron chi connectivity index (χ1n) is 7.99. The number of hydrogen-bond acceptors (Lipinski definition) is 5. The van der Waals surface area contributed by atoms with Crippen molar-refractivity contribution in [2.45, 2.75) is 13.3 Å². The molecular weight excluding hydrogens is 334 g/mol. The third-order valence-corrected chi connectivity index (χ3v) is 4.10. The number of carboxylic acid groups (broad SMARTS) is 1. The summed E-state index contributed by atoms with van der Waals surface area (Å²) in [5.41, 5.74) is 2.91. The summed E-state index contributed by atoms with van der Waals surface area (Å²) in [6.07, 6.45) is -0.145. The summed E-state index contributed by atoms with van der Waals surface area (Å²) in [5, 5.41) is 13.7. The minimum atomic E-state index is -0.950. The first-order chi connectivity index (χ1) is 12.4. The molecule has 26 heavy (non-hydrogen) atoms. The molecule has 0 bridgehead atoms. The molecule has 0 fully saturated rings. The van der Waals surface area contributed by atoms with E-state index < -0.39 is 11.6 Å². The van der Waals surface area contributed by atoms with Gasteiger partial charge in [0, 0.05) is 16.8 Å². The first-order valence-corrected chi connectivity index (χ1v) is 7.99. The Balaban J connectivity index is 2.00. The van der Waals surface area contributed by atoms with Crippen molar-refractivity contribution < 1.29 is 18.7 Å². The van der Waals surface area contributed by atoms with E-state index in [1.165, 1.54) is 0 Å². The summed E-state index contributed by atoms with van der Waals surface area (Å²) in [7, 11) is 0. The largest absolute Gasteiger partial charge is 0.481 e. The van der Waals surface area contributed by atoms with Gasteiger partial charge in [0.2, 0.25) is 0 Å². The molecule has 4 aromatic rings. The van der Waals surface area contributed by atoms with E-state index in [0.29, 0.717) is 38.5 Å². The molecule has 0 aliphatic heterocycles. The normalized spacial score (nSPS) is 11.3. The average molecular weight is 349 g/mol. The van der Waals surface area contributed by atoms with Crippen molar-refractivity contribution in [3.63, 3.8) is 0 Å². The molecule has 2 aromatic carbocycles.